The Bertz CT molecular complexity index is 96.1. The molecule has 0 aromatic heterocycles. The molecule has 1 atom stereocenters. The van der Waals surface area contributed by atoms with Crippen LogP contribution >= 0.6 is 15.9 Å². The van der Waals surface area contributed by atoms with Crippen LogP contribution in [0, 0.1) is 0 Å². The summed E-state index contributed by atoms with van der Waals surface area (Å²) in [6.45, 7) is 0. The van der Waals surface area contributed by atoms with Gasteiger partial charge in [0.25, 0.3) is 0 Å². The summed E-state index contributed by atoms with van der Waals surface area (Å²) in [6.07, 6.45) is 5.36. The Morgan fingerprint density at radius 1 is 1.36 bits per heavy atom. The lowest BCUT2D eigenvalue weighted by atomic mass is 10.1. The first-order valence-electron chi connectivity index (χ1n) is 3.90. The van der Waals surface area contributed by atoms with Crippen LogP contribution in [0.2, 0.25) is 0 Å². The van der Waals surface area contributed by atoms with Crippen molar-refractivity contribution in [2.45, 2.75) is 38.2 Å². The Balaban J connectivity index is 3.03. The summed E-state index contributed by atoms with van der Waals surface area (Å²) >= 11 is 3.32. The van der Waals surface area contributed by atoms with E-state index in [0.717, 1.165) is 31.0 Å². The van der Waals surface area contributed by atoms with Crippen LogP contribution in [-0.4, -0.2) is 22.8 Å². The molecule has 1 radical (unpaired) electrons. The number of aliphatic hydroxyl groups excluding tert-OH is 1. The molecule has 3 heteroatoms. The lowest BCUT2D eigenvalue weighted by Gasteiger charge is -2.04. The molecule has 11 heavy (non-hydrogen) atoms. The van der Waals surface area contributed by atoms with E-state index in [1.54, 1.807) is 6.29 Å². The number of aliphatic hydroxyl groups is 1. The fourth-order valence-electron chi connectivity index (χ4n) is 0.849. The van der Waals surface area contributed by atoms with Crippen molar-refractivity contribution in [2.24, 2.45) is 0 Å². The van der Waals surface area contributed by atoms with Crippen LogP contribution < -0.4 is 0 Å². The van der Waals surface area contributed by atoms with Crippen LogP contribution in [0.5, 0.6) is 0 Å². The normalized spacial score (nSPS) is 12.9. The molecule has 0 unspecified atom stereocenters. The molecule has 1 N–H and O–H groups in total. The van der Waals surface area contributed by atoms with Crippen LogP contribution in [0.15, 0.2) is 0 Å². The second kappa shape index (κ2) is 8.21. The van der Waals surface area contributed by atoms with Crippen molar-refractivity contribution in [1.82, 2.24) is 0 Å². The zero-order valence-electron chi connectivity index (χ0n) is 6.55. The topological polar surface area (TPSA) is 37.3 Å². The Kier molecular flexibility index (Phi) is 8.29. The van der Waals surface area contributed by atoms with Gasteiger partial charge in [0.05, 0.1) is 6.10 Å². The number of carbonyl (C=O) groups excluding carboxylic acids is 1. The average Bonchev–Trinajstić information content (AvgIpc) is 1.99. The minimum Gasteiger partial charge on any atom is -0.393 e. The van der Waals surface area contributed by atoms with Gasteiger partial charge in [-0.1, -0.05) is 28.8 Å². The second-order valence-electron chi connectivity index (χ2n) is 2.54. The first kappa shape index (κ1) is 11.1. The fraction of sp³-hybridized carbons (Fsp3) is 0.875. The third-order valence-electron chi connectivity index (χ3n) is 1.49. The summed E-state index contributed by atoms with van der Waals surface area (Å²) < 4.78 is 0. The average molecular weight is 222 g/mol. The summed E-state index contributed by atoms with van der Waals surface area (Å²) in [6, 6.07) is 0. The lowest BCUT2D eigenvalue weighted by molar-refractivity contribution is 0.167. The minimum atomic E-state index is -0.470. The van der Waals surface area contributed by atoms with Crippen molar-refractivity contribution in [3.05, 3.63) is 0 Å². The molecule has 0 bridgehead atoms. The zero-order valence-corrected chi connectivity index (χ0v) is 8.14. The van der Waals surface area contributed by atoms with E-state index in [1.165, 1.54) is 0 Å². The van der Waals surface area contributed by atoms with E-state index >= 15 is 0 Å². The van der Waals surface area contributed by atoms with E-state index in [1.807, 2.05) is 0 Å². The van der Waals surface area contributed by atoms with Gasteiger partial charge in [-0.2, -0.15) is 0 Å². The number of hydrogen-bond acceptors (Lipinski definition) is 2. The smallest absolute Gasteiger partial charge is 0.201 e. The minimum absolute atomic E-state index is 0.161. The van der Waals surface area contributed by atoms with Gasteiger partial charge in [-0.15, -0.1) is 0 Å². The number of hydrogen-bond donors (Lipinski definition) is 1. The van der Waals surface area contributed by atoms with Crippen LogP contribution in [0.3, 0.4) is 0 Å². The summed E-state index contributed by atoms with van der Waals surface area (Å²) in [5.74, 6) is 0. The van der Waals surface area contributed by atoms with Crippen LogP contribution in [0.1, 0.15) is 32.1 Å². The van der Waals surface area contributed by atoms with Crippen molar-refractivity contribution < 1.29 is 9.90 Å². The summed E-state index contributed by atoms with van der Waals surface area (Å²) in [5.41, 5.74) is 0. The molecule has 0 aliphatic carbocycles. The monoisotopic (exact) mass is 221 g/mol. The first-order chi connectivity index (χ1) is 5.31. The first-order valence-corrected chi connectivity index (χ1v) is 5.02. The van der Waals surface area contributed by atoms with Gasteiger partial charge in [-0.3, -0.25) is 4.79 Å². The Morgan fingerprint density at radius 3 is 2.64 bits per heavy atom. The quantitative estimate of drug-likeness (QED) is 0.526. The molecule has 0 aromatic carbocycles. The highest BCUT2D eigenvalue weighted by Crippen LogP contribution is 2.06. The van der Waals surface area contributed by atoms with Crippen LogP contribution in [0.4, 0.5) is 0 Å². The molecule has 0 spiro atoms. The highest BCUT2D eigenvalue weighted by molar-refractivity contribution is 9.09. The fourth-order valence-corrected chi connectivity index (χ4v) is 1.25. The molecule has 0 aliphatic heterocycles. The maximum absolute atomic E-state index is 9.81. The van der Waals surface area contributed by atoms with E-state index in [9.17, 15) is 4.79 Å². The van der Waals surface area contributed by atoms with E-state index in [0.29, 0.717) is 0 Å². The molecule has 0 heterocycles. The van der Waals surface area contributed by atoms with Gasteiger partial charge in [0, 0.05) is 11.8 Å². The number of alkyl halides is 1. The summed E-state index contributed by atoms with van der Waals surface area (Å²) in [5, 5.41) is 10.1. The molecule has 0 aliphatic rings. The summed E-state index contributed by atoms with van der Waals surface area (Å²) in [7, 11) is 0. The van der Waals surface area contributed by atoms with Crippen molar-refractivity contribution in [2.75, 3.05) is 5.33 Å². The predicted octanol–water partition coefficient (Wildman–Crippen LogP) is 1.80. The lowest BCUT2D eigenvalue weighted by Crippen LogP contribution is -2.06. The third-order valence-corrected chi connectivity index (χ3v) is 2.05. The van der Waals surface area contributed by atoms with Gasteiger partial charge >= 0.3 is 0 Å². The molecule has 0 saturated heterocycles. The zero-order chi connectivity index (χ0) is 8.53. The molecular weight excluding hydrogens is 208 g/mol. The molecule has 0 fully saturated rings. The van der Waals surface area contributed by atoms with Gasteiger partial charge in [-0.25, -0.2) is 0 Å². The molecule has 65 valence electrons. The van der Waals surface area contributed by atoms with Crippen molar-refractivity contribution in [1.29, 1.82) is 0 Å². The molecule has 2 nitrogen and oxygen atoms in total. The van der Waals surface area contributed by atoms with Gasteiger partial charge in [-0.05, 0) is 12.8 Å². The molecule has 0 saturated carbocycles. The van der Waals surface area contributed by atoms with Crippen LogP contribution in [0.25, 0.3) is 0 Å². The van der Waals surface area contributed by atoms with Crippen LogP contribution in [-0.2, 0) is 4.79 Å². The van der Waals surface area contributed by atoms with Crippen molar-refractivity contribution in [3.8, 4) is 0 Å². The maximum atomic E-state index is 9.81. The van der Waals surface area contributed by atoms with Crippen molar-refractivity contribution >= 4 is 22.2 Å². The Labute approximate surface area is 76.1 Å². The van der Waals surface area contributed by atoms with E-state index in [-0.39, 0.29) is 6.42 Å². The van der Waals surface area contributed by atoms with Gasteiger partial charge in [0.2, 0.25) is 6.29 Å². The standard InChI is InChI=1S/C8H14BrO2/c9-6-3-1-2-4-8(11)5-7-10/h8,11H,1-6H2/t8-/m1/s1. The van der Waals surface area contributed by atoms with Gasteiger partial charge in [0.15, 0.2) is 0 Å². The molecule has 0 aromatic rings. The van der Waals surface area contributed by atoms with E-state index in [4.69, 9.17) is 5.11 Å². The van der Waals surface area contributed by atoms with E-state index in [2.05, 4.69) is 15.9 Å². The Morgan fingerprint density at radius 2 is 2.09 bits per heavy atom. The largest absolute Gasteiger partial charge is 0.393 e. The Hall–Kier alpha value is 0.110. The second-order valence-corrected chi connectivity index (χ2v) is 3.33. The molecule has 0 rings (SSSR count). The highest BCUT2D eigenvalue weighted by atomic mass is 79.9. The number of halogens is 1. The SMILES string of the molecule is O=[C]C[C@H](O)CCCCCBr. The molecular formula is C8H14BrO2. The van der Waals surface area contributed by atoms with Crippen molar-refractivity contribution in [3.63, 3.8) is 0 Å². The number of unbranched alkanes of at least 4 members (excludes halogenated alkanes) is 2. The van der Waals surface area contributed by atoms with Gasteiger partial charge < -0.3 is 5.11 Å². The third kappa shape index (κ3) is 8.01. The van der Waals surface area contributed by atoms with Gasteiger partial charge in [0.1, 0.15) is 0 Å². The molecule has 0 amide bonds. The number of rotatable bonds is 7. The van der Waals surface area contributed by atoms with E-state index < -0.39 is 6.10 Å². The maximum Gasteiger partial charge on any atom is 0.201 e. The summed E-state index contributed by atoms with van der Waals surface area (Å²) in [4.78, 5) is 9.81. The highest BCUT2D eigenvalue weighted by Gasteiger charge is 2.01. The predicted molar refractivity (Wildman–Crippen MR) is 48.6 cm³/mol.